The van der Waals surface area contributed by atoms with Gasteiger partial charge in [-0.05, 0) is 29.5 Å². The van der Waals surface area contributed by atoms with Crippen molar-refractivity contribution in [3.63, 3.8) is 0 Å². The normalized spacial score (nSPS) is 15.6. The number of carbonyl (C=O) groups is 1. The van der Waals surface area contributed by atoms with Crippen LogP contribution < -0.4 is 5.32 Å². The summed E-state index contributed by atoms with van der Waals surface area (Å²) in [6, 6.07) is 5.71. The molecule has 0 fully saturated rings. The molecule has 1 unspecified atom stereocenters. The second-order valence-electron chi connectivity index (χ2n) is 8.31. The number of hydrogen-bond donors (Lipinski definition) is 1. The van der Waals surface area contributed by atoms with E-state index in [1.807, 2.05) is 34.6 Å². The summed E-state index contributed by atoms with van der Waals surface area (Å²) in [5, 5.41) is 7.24. The molecule has 3 rings (SSSR count). The van der Waals surface area contributed by atoms with Crippen molar-refractivity contribution < 1.29 is 22.4 Å². The molecule has 2 aromatic rings. The van der Waals surface area contributed by atoms with E-state index in [0.29, 0.717) is 29.1 Å². The van der Waals surface area contributed by atoms with E-state index in [4.69, 9.17) is 0 Å². The number of benzene rings is 1. The van der Waals surface area contributed by atoms with Crippen LogP contribution in [-0.2, 0) is 17.8 Å². The number of aromatic nitrogens is 2. The van der Waals surface area contributed by atoms with Crippen molar-refractivity contribution in [1.29, 1.82) is 0 Å². The molecular weight excluding hydrogens is 410 g/mol. The highest BCUT2D eigenvalue weighted by Crippen LogP contribution is 2.40. The van der Waals surface area contributed by atoms with Crippen LogP contribution in [0.4, 0.5) is 23.4 Å². The van der Waals surface area contributed by atoms with E-state index in [1.54, 1.807) is 23.9 Å². The van der Waals surface area contributed by atoms with E-state index in [9.17, 15) is 22.4 Å². The third-order valence-electron chi connectivity index (χ3n) is 4.72. The molecule has 1 aliphatic rings. The van der Waals surface area contributed by atoms with E-state index >= 15 is 0 Å². The molecule has 8 heteroatoms. The van der Waals surface area contributed by atoms with Gasteiger partial charge >= 0.3 is 6.18 Å². The van der Waals surface area contributed by atoms with Crippen molar-refractivity contribution in [2.24, 2.45) is 11.3 Å². The largest absolute Gasteiger partial charge is 0.392 e. The number of alkyl halides is 3. The fraction of sp³-hybridized carbons (Fsp3) is 0.565. The van der Waals surface area contributed by atoms with E-state index in [2.05, 4.69) is 10.4 Å². The van der Waals surface area contributed by atoms with Crippen molar-refractivity contribution >= 4 is 12.1 Å². The van der Waals surface area contributed by atoms with Crippen molar-refractivity contribution in [1.82, 2.24) is 9.78 Å². The van der Waals surface area contributed by atoms with Crippen LogP contribution in [0.2, 0.25) is 0 Å². The van der Waals surface area contributed by atoms with Gasteiger partial charge in [-0.25, -0.2) is 4.39 Å². The highest BCUT2D eigenvalue weighted by molar-refractivity contribution is 5.78. The topological polar surface area (TPSA) is 46.9 Å². The van der Waals surface area contributed by atoms with Gasteiger partial charge in [0.05, 0.1) is 5.92 Å². The summed E-state index contributed by atoms with van der Waals surface area (Å²) in [4.78, 5) is 9.82. The van der Waals surface area contributed by atoms with E-state index in [0.717, 1.165) is 6.29 Å². The molecule has 1 aromatic heterocycles. The zero-order chi connectivity index (χ0) is 23.8. The van der Waals surface area contributed by atoms with Crippen molar-refractivity contribution in [3.05, 3.63) is 35.8 Å². The van der Waals surface area contributed by atoms with Crippen LogP contribution in [0.1, 0.15) is 53.2 Å². The van der Waals surface area contributed by atoms with Crippen molar-refractivity contribution in [3.8, 4) is 11.1 Å². The minimum absolute atomic E-state index is 0.0319. The number of fused-ring (bicyclic) bond motifs is 1. The summed E-state index contributed by atoms with van der Waals surface area (Å²) < 4.78 is 53.7. The number of hydrogen-bond acceptors (Lipinski definition) is 3. The van der Waals surface area contributed by atoms with Crippen LogP contribution in [0.15, 0.2) is 24.3 Å². The first kappa shape index (κ1) is 26.7. The molecule has 174 valence electrons. The molecule has 4 nitrogen and oxygen atoms in total. The predicted octanol–water partition coefficient (Wildman–Crippen LogP) is 6.50. The Labute approximate surface area is 182 Å². The number of nitrogens with one attached hydrogen (secondary N) is 1. The molecule has 1 aliphatic heterocycles. The molecule has 1 aromatic carbocycles. The lowest BCUT2D eigenvalue weighted by atomic mass is 9.92. The predicted molar refractivity (Wildman–Crippen MR) is 117 cm³/mol. The minimum Gasteiger partial charge on any atom is -0.371 e. The van der Waals surface area contributed by atoms with Crippen LogP contribution in [-0.4, -0.2) is 29.3 Å². The number of nitrogens with zero attached hydrogens (tertiary/aromatic N) is 2. The van der Waals surface area contributed by atoms with Crippen LogP contribution in [0, 0.1) is 17.2 Å². The van der Waals surface area contributed by atoms with Gasteiger partial charge in [-0.1, -0.05) is 46.8 Å². The van der Waals surface area contributed by atoms with Crippen LogP contribution in [0.3, 0.4) is 0 Å². The first-order valence-electron chi connectivity index (χ1n) is 10.5. The Hall–Kier alpha value is -2.38. The molecule has 0 amide bonds. The molecule has 1 atom stereocenters. The Bertz CT molecular complexity index is 821. The van der Waals surface area contributed by atoms with Crippen molar-refractivity contribution in [2.75, 3.05) is 12.4 Å². The molecule has 0 saturated heterocycles. The average Bonchev–Trinajstić information content (AvgIpc) is 3.07. The number of aldehydes is 1. The molecule has 0 aliphatic carbocycles. The first-order chi connectivity index (χ1) is 14.5. The summed E-state index contributed by atoms with van der Waals surface area (Å²) in [7, 11) is 1.67. The Morgan fingerprint density at radius 2 is 1.74 bits per heavy atom. The minimum atomic E-state index is -4.21. The Morgan fingerprint density at radius 3 is 2.16 bits per heavy atom. The lowest BCUT2D eigenvalue weighted by Crippen LogP contribution is -2.31. The Kier molecular flexibility index (Phi) is 9.72. The summed E-state index contributed by atoms with van der Waals surface area (Å²) in [6.45, 7) is 10.4. The van der Waals surface area contributed by atoms with Gasteiger partial charge in [0.2, 0.25) is 0 Å². The second-order valence-corrected chi connectivity index (χ2v) is 8.31. The number of rotatable bonds is 3. The first-order valence-corrected chi connectivity index (χ1v) is 10.5. The van der Waals surface area contributed by atoms with Crippen LogP contribution >= 0.6 is 0 Å². The van der Waals surface area contributed by atoms with Gasteiger partial charge in [-0.2, -0.15) is 18.3 Å². The SMILES string of the molecule is CC.CC(C)(C)CC=O.CNc1nn2c(c1-c1ccc(F)cc1)CC(C(F)(F)F)CC2. The molecule has 1 N–H and O–H groups in total. The van der Waals surface area contributed by atoms with Gasteiger partial charge in [0.15, 0.2) is 5.82 Å². The Balaban J connectivity index is 0.000000457. The quantitative estimate of drug-likeness (QED) is 0.435. The average molecular weight is 444 g/mol. The number of aryl methyl sites for hydroxylation is 1. The third kappa shape index (κ3) is 7.67. The fourth-order valence-corrected chi connectivity index (χ4v) is 3.13. The maximum absolute atomic E-state index is 13.1. The lowest BCUT2D eigenvalue weighted by Gasteiger charge is -2.26. The molecule has 0 spiro atoms. The zero-order valence-corrected chi connectivity index (χ0v) is 19.1. The van der Waals surface area contributed by atoms with Gasteiger partial charge in [0.1, 0.15) is 12.1 Å². The smallest absolute Gasteiger partial charge is 0.371 e. The summed E-state index contributed by atoms with van der Waals surface area (Å²) >= 11 is 0. The Morgan fingerprint density at radius 1 is 1.16 bits per heavy atom. The van der Waals surface area contributed by atoms with Gasteiger partial charge in [0.25, 0.3) is 0 Å². The molecule has 0 radical (unpaired) electrons. The number of anilines is 1. The van der Waals surface area contributed by atoms with Crippen LogP contribution in [0.25, 0.3) is 11.1 Å². The third-order valence-corrected chi connectivity index (χ3v) is 4.72. The van der Waals surface area contributed by atoms with E-state index in [-0.39, 0.29) is 30.6 Å². The maximum Gasteiger partial charge on any atom is 0.392 e. The summed E-state index contributed by atoms with van der Waals surface area (Å²) in [6.07, 6.45) is -2.67. The lowest BCUT2D eigenvalue weighted by molar-refractivity contribution is -0.179. The van der Waals surface area contributed by atoms with Gasteiger partial charge in [0, 0.05) is 37.7 Å². The zero-order valence-electron chi connectivity index (χ0n) is 19.1. The summed E-state index contributed by atoms with van der Waals surface area (Å²) in [5.41, 5.74) is 2.01. The van der Waals surface area contributed by atoms with Gasteiger partial charge in [-0.15, -0.1) is 0 Å². The van der Waals surface area contributed by atoms with Crippen LogP contribution in [0.5, 0.6) is 0 Å². The highest BCUT2D eigenvalue weighted by Gasteiger charge is 2.42. The summed E-state index contributed by atoms with van der Waals surface area (Å²) in [5.74, 6) is -1.23. The molecule has 0 saturated carbocycles. The molecule has 0 bridgehead atoms. The fourth-order valence-electron chi connectivity index (χ4n) is 3.13. The number of carbonyl (C=O) groups excluding carboxylic acids is 1. The van der Waals surface area contributed by atoms with E-state index < -0.39 is 12.1 Å². The standard InChI is InChI=1S/C15H15F4N3.C6H12O.C2H6/c1-20-14-13(9-2-4-11(16)5-3-9)12-8-10(15(17,18)19)6-7-22(12)21-14;1-6(2,3)4-5-7;1-2/h2-5,10H,6-8H2,1H3,(H,20,21);5H,4H2,1-3H3;1-2H3. The molecular formula is C23H33F4N3O. The van der Waals surface area contributed by atoms with Crippen molar-refractivity contribution in [2.45, 2.75) is 66.6 Å². The highest BCUT2D eigenvalue weighted by atomic mass is 19.4. The van der Waals surface area contributed by atoms with Gasteiger partial charge in [-0.3, -0.25) is 4.68 Å². The monoisotopic (exact) mass is 443 g/mol. The maximum atomic E-state index is 13.1. The van der Waals surface area contributed by atoms with E-state index in [1.165, 1.54) is 12.1 Å². The molecule has 31 heavy (non-hydrogen) atoms. The number of halogens is 4. The second kappa shape index (κ2) is 11.3. The molecule has 2 heterocycles. The van der Waals surface area contributed by atoms with Gasteiger partial charge < -0.3 is 10.1 Å².